The molecule has 1 heterocycles. The van der Waals surface area contributed by atoms with Gasteiger partial charge < -0.3 is 15.8 Å². The molecule has 0 radical (unpaired) electrons. The van der Waals surface area contributed by atoms with Crippen molar-refractivity contribution in [3.63, 3.8) is 0 Å². The number of rotatable bonds is 4. The maximum atomic E-state index is 12.0. The molecule has 1 amide bonds. The van der Waals surface area contributed by atoms with Crippen LogP contribution in [0.15, 0.2) is 0 Å². The standard InChI is InChI=1S/C12H24N2O2/c1-7(5-13)6-14-12(15)11-8(2)9(3)16-10(11)4/h7-11H,5-6,13H2,1-4H3,(H,14,15). The molecule has 4 heteroatoms. The van der Waals surface area contributed by atoms with E-state index in [1.807, 2.05) is 20.8 Å². The molecule has 0 saturated carbocycles. The summed E-state index contributed by atoms with van der Waals surface area (Å²) in [5.41, 5.74) is 5.51. The van der Waals surface area contributed by atoms with Crippen LogP contribution in [0.25, 0.3) is 0 Å². The topological polar surface area (TPSA) is 64.3 Å². The van der Waals surface area contributed by atoms with E-state index in [0.29, 0.717) is 19.0 Å². The lowest BCUT2D eigenvalue weighted by atomic mass is 9.89. The van der Waals surface area contributed by atoms with Crippen molar-refractivity contribution in [2.75, 3.05) is 13.1 Å². The van der Waals surface area contributed by atoms with Crippen LogP contribution in [-0.4, -0.2) is 31.2 Å². The molecule has 16 heavy (non-hydrogen) atoms. The van der Waals surface area contributed by atoms with Crippen LogP contribution in [0.2, 0.25) is 0 Å². The van der Waals surface area contributed by atoms with Gasteiger partial charge in [0.1, 0.15) is 0 Å². The fourth-order valence-electron chi connectivity index (χ4n) is 2.19. The summed E-state index contributed by atoms with van der Waals surface area (Å²) >= 11 is 0. The first-order chi connectivity index (χ1) is 7.47. The SMILES string of the molecule is CC(CN)CNC(=O)C1C(C)OC(C)C1C. The molecule has 0 aromatic carbocycles. The van der Waals surface area contributed by atoms with Crippen molar-refractivity contribution in [2.24, 2.45) is 23.5 Å². The molecule has 1 saturated heterocycles. The van der Waals surface area contributed by atoms with Crippen molar-refractivity contribution in [1.82, 2.24) is 5.32 Å². The van der Waals surface area contributed by atoms with E-state index in [9.17, 15) is 4.79 Å². The average molecular weight is 228 g/mol. The Labute approximate surface area is 97.9 Å². The summed E-state index contributed by atoms with van der Waals surface area (Å²) in [6, 6.07) is 0. The van der Waals surface area contributed by atoms with Gasteiger partial charge in [-0.2, -0.15) is 0 Å². The van der Waals surface area contributed by atoms with Crippen LogP contribution < -0.4 is 11.1 Å². The Hall–Kier alpha value is -0.610. The minimum atomic E-state index is -0.0278. The Balaban J connectivity index is 2.47. The third-order valence-electron chi connectivity index (χ3n) is 3.57. The van der Waals surface area contributed by atoms with Gasteiger partial charge in [-0.15, -0.1) is 0 Å². The van der Waals surface area contributed by atoms with Gasteiger partial charge in [-0.25, -0.2) is 0 Å². The lowest BCUT2D eigenvalue weighted by molar-refractivity contribution is -0.127. The number of nitrogens with two attached hydrogens (primary N) is 1. The molecule has 4 nitrogen and oxygen atoms in total. The van der Waals surface area contributed by atoms with Crippen LogP contribution in [0.1, 0.15) is 27.7 Å². The quantitative estimate of drug-likeness (QED) is 0.746. The monoisotopic (exact) mass is 228 g/mol. The number of carbonyl (C=O) groups excluding carboxylic acids is 1. The predicted octanol–water partition coefficient (Wildman–Crippen LogP) is 0.757. The second-order valence-electron chi connectivity index (χ2n) is 5.02. The Morgan fingerprint density at radius 1 is 1.38 bits per heavy atom. The average Bonchev–Trinajstić information content (AvgIpc) is 2.49. The lowest BCUT2D eigenvalue weighted by Gasteiger charge is -2.19. The second-order valence-corrected chi connectivity index (χ2v) is 5.02. The van der Waals surface area contributed by atoms with Gasteiger partial charge >= 0.3 is 0 Å². The maximum Gasteiger partial charge on any atom is 0.226 e. The highest BCUT2D eigenvalue weighted by Gasteiger charge is 2.41. The van der Waals surface area contributed by atoms with E-state index in [1.54, 1.807) is 0 Å². The molecule has 3 N–H and O–H groups in total. The van der Waals surface area contributed by atoms with E-state index in [1.165, 1.54) is 0 Å². The summed E-state index contributed by atoms with van der Waals surface area (Å²) in [6.07, 6.45) is 0.177. The first-order valence-corrected chi connectivity index (χ1v) is 6.10. The molecule has 1 aliphatic heterocycles. The van der Waals surface area contributed by atoms with Gasteiger partial charge in [-0.1, -0.05) is 13.8 Å². The molecule has 1 rings (SSSR count). The maximum absolute atomic E-state index is 12.0. The number of amides is 1. The van der Waals surface area contributed by atoms with Crippen molar-refractivity contribution in [3.05, 3.63) is 0 Å². The van der Waals surface area contributed by atoms with Gasteiger partial charge in [0, 0.05) is 6.54 Å². The van der Waals surface area contributed by atoms with Crippen LogP contribution in [0.4, 0.5) is 0 Å². The van der Waals surface area contributed by atoms with Crippen molar-refractivity contribution in [2.45, 2.75) is 39.9 Å². The van der Waals surface area contributed by atoms with Crippen molar-refractivity contribution in [3.8, 4) is 0 Å². The van der Waals surface area contributed by atoms with Gasteiger partial charge in [0.2, 0.25) is 5.91 Å². The highest BCUT2D eigenvalue weighted by Crippen LogP contribution is 2.32. The molecular weight excluding hydrogens is 204 g/mol. The molecule has 0 aliphatic carbocycles. The van der Waals surface area contributed by atoms with E-state index in [0.717, 1.165) is 0 Å². The Bertz CT molecular complexity index is 245. The lowest BCUT2D eigenvalue weighted by Crippen LogP contribution is -2.40. The number of carbonyl (C=O) groups is 1. The smallest absolute Gasteiger partial charge is 0.226 e. The largest absolute Gasteiger partial charge is 0.374 e. The van der Waals surface area contributed by atoms with Crippen LogP contribution in [0, 0.1) is 17.8 Å². The number of ether oxygens (including phenoxy) is 1. The molecule has 1 aliphatic rings. The Morgan fingerprint density at radius 2 is 2.00 bits per heavy atom. The van der Waals surface area contributed by atoms with E-state index in [4.69, 9.17) is 10.5 Å². The molecule has 94 valence electrons. The van der Waals surface area contributed by atoms with Gasteiger partial charge in [0.25, 0.3) is 0 Å². The van der Waals surface area contributed by atoms with Crippen molar-refractivity contribution in [1.29, 1.82) is 0 Å². The van der Waals surface area contributed by atoms with Crippen molar-refractivity contribution >= 4 is 5.91 Å². The first kappa shape index (κ1) is 13.5. The van der Waals surface area contributed by atoms with Crippen molar-refractivity contribution < 1.29 is 9.53 Å². The summed E-state index contributed by atoms with van der Waals surface area (Å²) in [5.74, 6) is 0.683. The van der Waals surface area contributed by atoms with Gasteiger partial charge in [-0.05, 0) is 32.2 Å². The molecule has 0 bridgehead atoms. The fourth-order valence-corrected chi connectivity index (χ4v) is 2.19. The van der Waals surface area contributed by atoms with Gasteiger partial charge in [-0.3, -0.25) is 4.79 Å². The minimum absolute atomic E-state index is 0.0122. The summed E-state index contributed by atoms with van der Waals surface area (Å²) in [5, 5.41) is 2.96. The molecule has 0 spiro atoms. The van der Waals surface area contributed by atoms with Gasteiger partial charge in [0.05, 0.1) is 18.1 Å². The summed E-state index contributed by atoms with van der Waals surface area (Å²) in [7, 11) is 0. The first-order valence-electron chi connectivity index (χ1n) is 6.10. The zero-order chi connectivity index (χ0) is 12.3. The Morgan fingerprint density at radius 3 is 2.44 bits per heavy atom. The van der Waals surface area contributed by atoms with Crippen LogP contribution >= 0.6 is 0 Å². The fraction of sp³-hybridized carbons (Fsp3) is 0.917. The number of nitrogens with one attached hydrogen (secondary N) is 1. The van der Waals surface area contributed by atoms with E-state index in [2.05, 4.69) is 12.2 Å². The normalized spacial score (nSPS) is 36.1. The van der Waals surface area contributed by atoms with Crippen LogP contribution in [0.5, 0.6) is 0 Å². The van der Waals surface area contributed by atoms with E-state index in [-0.39, 0.29) is 30.0 Å². The minimum Gasteiger partial charge on any atom is -0.374 e. The molecule has 0 aromatic heterocycles. The highest BCUT2D eigenvalue weighted by atomic mass is 16.5. The summed E-state index contributed by atoms with van der Waals surface area (Å²) in [6.45, 7) is 9.35. The van der Waals surface area contributed by atoms with Crippen LogP contribution in [0.3, 0.4) is 0 Å². The molecule has 5 atom stereocenters. The highest BCUT2D eigenvalue weighted by molar-refractivity contribution is 5.79. The molecule has 5 unspecified atom stereocenters. The third-order valence-corrected chi connectivity index (χ3v) is 3.57. The molecule has 0 aromatic rings. The third kappa shape index (κ3) is 2.95. The Kier molecular flexibility index (Phi) is 4.74. The molecule has 1 fully saturated rings. The zero-order valence-corrected chi connectivity index (χ0v) is 10.7. The summed E-state index contributed by atoms with van der Waals surface area (Å²) < 4.78 is 5.65. The van der Waals surface area contributed by atoms with Gasteiger partial charge in [0.15, 0.2) is 0 Å². The summed E-state index contributed by atoms with van der Waals surface area (Å²) in [4.78, 5) is 12.0. The number of hydrogen-bond donors (Lipinski definition) is 2. The predicted molar refractivity (Wildman–Crippen MR) is 63.9 cm³/mol. The second kappa shape index (κ2) is 5.64. The van der Waals surface area contributed by atoms with E-state index >= 15 is 0 Å². The number of hydrogen-bond acceptors (Lipinski definition) is 3. The molecular formula is C12H24N2O2. The van der Waals surface area contributed by atoms with Crippen LogP contribution in [-0.2, 0) is 9.53 Å². The zero-order valence-electron chi connectivity index (χ0n) is 10.7. The van der Waals surface area contributed by atoms with E-state index < -0.39 is 0 Å².